The van der Waals surface area contributed by atoms with Gasteiger partial charge in [-0.25, -0.2) is 4.79 Å². The number of carbonyl (C=O) groups excluding carboxylic acids is 2. The van der Waals surface area contributed by atoms with Crippen molar-refractivity contribution in [2.75, 3.05) is 10.6 Å². The highest BCUT2D eigenvalue weighted by Gasteiger charge is 2.17. The smallest absolute Gasteiger partial charge is 0.412 e. The second kappa shape index (κ2) is 7.45. The molecule has 0 spiro atoms. The quantitative estimate of drug-likeness (QED) is 0.749. The summed E-state index contributed by atoms with van der Waals surface area (Å²) in [5.74, 6) is -0.324. The summed E-state index contributed by atoms with van der Waals surface area (Å²) in [7, 11) is 0. The Morgan fingerprint density at radius 1 is 1.17 bits per heavy atom. The molecule has 0 aliphatic rings. The van der Waals surface area contributed by atoms with Crippen LogP contribution in [0.3, 0.4) is 0 Å². The number of H-pyrrole nitrogens is 1. The van der Waals surface area contributed by atoms with Crippen molar-refractivity contribution in [1.29, 1.82) is 0 Å². The van der Waals surface area contributed by atoms with Gasteiger partial charge in [0, 0.05) is 17.8 Å². The fourth-order valence-electron chi connectivity index (χ4n) is 1.81. The summed E-state index contributed by atoms with van der Waals surface area (Å²) in [4.78, 5) is 23.9. The molecule has 0 unspecified atom stereocenters. The molecule has 7 nitrogen and oxygen atoms in total. The molecule has 1 aromatic heterocycles. The zero-order valence-corrected chi connectivity index (χ0v) is 13.8. The maximum atomic E-state index is 12.0. The minimum absolute atomic E-state index is 0.324. The minimum atomic E-state index is -0.602. The van der Waals surface area contributed by atoms with Crippen molar-refractivity contribution in [3.63, 3.8) is 0 Å². The predicted molar refractivity (Wildman–Crippen MR) is 92.6 cm³/mol. The van der Waals surface area contributed by atoms with Crippen LogP contribution in [0.2, 0.25) is 0 Å². The monoisotopic (exact) mass is 328 g/mol. The number of rotatable bonds is 4. The van der Waals surface area contributed by atoms with E-state index in [9.17, 15) is 9.59 Å². The van der Waals surface area contributed by atoms with E-state index < -0.39 is 11.7 Å². The minimum Gasteiger partial charge on any atom is -0.444 e. The summed E-state index contributed by atoms with van der Waals surface area (Å²) in [6.45, 7) is 5.34. The van der Waals surface area contributed by atoms with Crippen LogP contribution in [0.25, 0.3) is 6.08 Å². The van der Waals surface area contributed by atoms with Crippen molar-refractivity contribution in [2.24, 2.45) is 0 Å². The second-order valence-electron chi connectivity index (χ2n) is 6.03. The molecule has 126 valence electrons. The van der Waals surface area contributed by atoms with Crippen molar-refractivity contribution in [3.05, 3.63) is 48.3 Å². The number of aromatic nitrogens is 2. The van der Waals surface area contributed by atoms with Gasteiger partial charge in [-0.05, 0) is 39.0 Å². The van der Waals surface area contributed by atoms with Gasteiger partial charge in [-0.15, -0.1) is 0 Å². The third-order valence-corrected chi connectivity index (χ3v) is 2.77. The normalized spacial score (nSPS) is 11.3. The topological polar surface area (TPSA) is 96.1 Å². The molecule has 0 atom stereocenters. The molecule has 0 saturated carbocycles. The van der Waals surface area contributed by atoms with Crippen molar-refractivity contribution < 1.29 is 14.3 Å². The van der Waals surface area contributed by atoms with Gasteiger partial charge < -0.3 is 10.1 Å². The summed E-state index contributed by atoms with van der Waals surface area (Å²) in [5.41, 5.74) is 1.11. The highest BCUT2D eigenvalue weighted by atomic mass is 16.6. The average Bonchev–Trinajstić information content (AvgIpc) is 2.98. The number of nitrogens with zero attached hydrogens (tertiary/aromatic N) is 1. The molecule has 2 amide bonds. The number of ether oxygens (including phenoxy) is 1. The maximum absolute atomic E-state index is 12.0. The Kier molecular flexibility index (Phi) is 5.36. The Morgan fingerprint density at radius 2 is 1.83 bits per heavy atom. The fourth-order valence-corrected chi connectivity index (χ4v) is 1.81. The van der Waals surface area contributed by atoms with E-state index >= 15 is 0 Å². The summed E-state index contributed by atoms with van der Waals surface area (Å²) in [6, 6.07) is 6.88. The highest BCUT2D eigenvalue weighted by molar-refractivity contribution is 6.04. The van der Waals surface area contributed by atoms with Crippen molar-refractivity contribution in [3.8, 4) is 0 Å². The number of hydrogen-bond donors (Lipinski definition) is 3. The van der Waals surface area contributed by atoms with Crippen molar-refractivity contribution >= 4 is 29.5 Å². The molecule has 0 aliphatic heterocycles. The van der Waals surface area contributed by atoms with Crippen LogP contribution in [-0.4, -0.2) is 27.8 Å². The molecule has 2 aromatic rings. The van der Waals surface area contributed by atoms with Crippen LogP contribution < -0.4 is 10.6 Å². The van der Waals surface area contributed by atoms with Gasteiger partial charge >= 0.3 is 6.09 Å². The number of nitrogens with one attached hydrogen (secondary N) is 3. The van der Waals surface area contributed by atoms with Crippen molar-refractivity contribution in [1.82, 2.24) is 10.2 Å². The highest BCUT2D eigenvalue weighted by Crippen LogP contribution is 2.22. The Labute approximate surface area is 140 Å². The molecule has 0 fully saturated rings. The lowest BCUT2D eigenvalue weighted by molar-refractivity contribution is -0.111. The lowest BCUT2D eigenvalue weighted by Crippen LogP contribution is -2.27. The zero-order valence-electron chi connectivity index (χ0n) is 13.8. The molecular formula is C17H20N4O3. The molecule has 7 heteroatoms. The van der Waals surface area contributed by atoms with Gasteiger partial charge in [0.25, 0.3) is 0 Å². The van der Waals surface area contributed by atoms with E-state index in [1.54, 1.807) is 63.5 Å². The molecule has 24 heavy (non-hydrogen) atoms. The summed E-state index contributed by atoms with van der Waals surface area (Å²) in [5, 5.41) is 11.8. The molecule has 3 N–H and O–H groups in total. The molecule has 0 saturated heterocycles. The van der Waals surface area contributed by atoms with Crippen molar-refractivity contribution in [2.45, 2.75) is 26.4 Å². The summed E-state index contributed by atoms with van der Waals surface area (Å²) in [6.07, 6.45) is 5.69. The molecule has 0 bridgehead atoms. The van der Waals surface area contributed by atoms with Crippen LogP contribution in [0.1, 0.15) is 26.3 Å². The van der Waals surface area contributed by atoms with E-state index in [1.165, 1.54) is 6.08 Å². The molecule has 1 heterocycles. The van der Waals surface area contributed by atoms with Gasteiger partial charge in [-0.2, -0.15) is 5.10 Å². The Morgan fingerprint density at radius 3 is 2.42 bits per heavy atom. The molecule has 0 radical (unpaired) electrons. The average molecular weight is 328 g/mol. The van der Waals surface area contributed by atoms with Crippen LogP contribution in [-0.2, 0) is 9.53 Å². The van der Waals surface area contributed by atoms with E-state index in [4.69, 9.17) is 4.74 Å². The van der Waals surface area contributed by atoms with Gasteiger partial charge in [-0.3, -0.25) is 15.2 Å². The van der Waals surface area contributed by atoms with Crippen LogP contribution in [0, 0.1) is 0 Å². The molecule has 0 aliphatic carbocycles. The van der Waals surface area contributed by atoms with Gasteiger partial charge in [0.05, 0.1) is 17.6 Å². The predicted octanol–water partition coefficient (Wildman–Crippen LogP) is 3.41. The summed E-state index contributed by atoms with van der Waals surface area (Å²) >= 11 is 0. The first kappa shape index (κ1) is 17.3. The Hall–Kier alpha value is -3.09. The SMILES string of the molecule is CC(C)(C)OC(=O)Nc1ccccc1NC(=O)C=Cc1cn[nH]c1. The number of benzene rings is 1. The lowest BCUT2D eigenvalue weighted by atomic mass is 10.2. The molecule has 1 aromatic carbocycles. The second-order valence-corrected chi connectivity index (χ2v) is 6.03. The lowest BCUT2D eigenvalue weighted by Gasteiger charge is -2.20. The molecule has 2 rings (SSSR count). The number of aromatic amines is 1. The van der Waals surface area contributed by atoms with E-state index in [2.05, 4.69) is 20.8 Å². The van der Waals surface area contributed by atoms with Gasteiger partial charge in [-0.1, -0.05) is 12.1 Å². The Bertz CT molecular complexity index is 731. The van der Waals surface area contributed by atoms with E-state index in [-0.39, 0.29) is 5.91 Å². The number of amides is 2. The number of anilines is 2. The third kappa shape index (κ3) is 5.60. The fraction of sp³-hybridized carbons (Fsp3) is 0.235. The summed E-state index contributed by atoms with van der Waals surface area (Å²) < 4.78 is 5.21. The molecular weight excluding hydrogens is 308 g/mol. The van der Waals surface area contributed by atoms with Crippen LogP contribution in [0.15, 0.2) is 42.7 Å². The van der Waals surface area contributed by atoms with E-state index in [1.807, 2.05) is 0 Å². The first-order valence-electron chi connectivity index (χ1n) is 7.40. The van der Waals surface area contributed by atoms with E-state index in [0.29, 0.717) is 11.4 Å². The van der Waals surface area contributed by atoms with Crippen LogP contribution in [0.4, 0.5) is 16.2 Å². The number of carbonyl (C=O) groups is 2. The first-order valence-corrected chi connectivity index (χ1v) is 7.40. The largest absolute Gasteiger partial charge is 0.444 e. The standard InChI is InChI=1S/C17H20N4O3/c1-17(2,3)24-16(23)21-14-7-5-4-6-13(14)20-15(22)9-8-12-10-18-19-11-12/h4-11H,1-3H3,(H,18,19)(H,20,22)(H,21,23). The van der Waals surface area contributed by atoms with Crippen LogP contribution >= 0.6 is 0 Å². The van der Waals surface area contributed by atoms with Gasteiger partial charge in [0.1, 0.15) is 5.60 Å². The first-order chi connectivity index (χ1) is 11.3. The van der Waals surface area contributed by atoms with E-state index in [0.717, 1.165) is 5.56 Å². The number of para-hydroxylation sites is 2. The third-order valence-electron chi connectivity index (χ3n) is 2.77. The van der Waals surface area contributed by atoms with Gasteiger partial charge in [0.15, 0.2) is 0 Å². The zero-order chi connectivity index (χ0) is 17.6. The van der Waals surface area contributed by atoms with Gasteiger partial charge in [0.2, 0.25) is 5.91 Å². The maximum Gasteiger partial charge on any atom is 0.412 e. The van der Waals surface area contributed by atoms with Crippen LogP contribution in [0.5, 0.6) is 0 Å². The number of hydrogen-bond acceptors (Lipinski definition) is 4. The Balaban J connectivity index is 2.03.